The van der Waals surface area contributed by atoms with Crippen molar-refractivity contribution >= 4 is 5.97 Å². The molecule has 0 bridgehead atoms. The zero-order valence-electron chi connectivity index (χ0n) is 9.75. The summed E-state index contributed by atoms with van der Waals surface area (Å²) in [6.07, 6.45) is 12.5. The molecule has 0 heterocycles. The van der Waals surface area contributed by atoms with Crippen molar-refractivity contribution in [2.24, 2.45) is 0 Å². The van der Waals surface area contributed by atoms with Gasteiger partial charge in [-0.15, -0.1) is 0 Å². The molecular weight excluding hydrogens is 176 g/mol. The maximum absolute atomic E-state index is 9.00. The first-order chi connectivity index (χ1) is 6.65. The fourth-order valence-corrected chi connectivity index (χ4v) is 0.880. The molecule has 0 spiro atoms. The van der Waals surface area contributed by atoms with Gasteiger partial charge in [0, 0.05) is 6.92 Å². The Morgan fingerprint density at radius 1 is 1.07 bits per heavy atom. The monoisotopic (exact) mass is 200 g/mol. The SMILES string of the molecule is CC(=O)O.CCCC/C=C/CCCC. The molecule has 0 aromatic heterocycles. The van der Waals surface area contributed by atoms with Crippen LogP contribution in [0.4, 0.5) is 0 Å². The molecule has 0 saturated heterocycles. The quantitative estimate of drug-likeness (QED) is 0.519. The van der Waals surface area contributed by atoms with Gasteiger partial charge in [-0.05, 0) is 12.8 Å². The predicted octanol–water partition coefficient (Wildman–Crippen LogP) is 4.01. The Morgan fingerprint density at radius 2 is 1.36 bits per heavy atom. The molecule has 0 aliphatic rings. The van der Waals surface area contributed by atoms with Gasteiger partial charge in [-0.1, -0.05) is 51.7 Å². The van der Waals surface area contributed by atoms with Crippen molar-refractivity contribution in [3.8, 4) is 0 Å². The molecular formula is C12H24O2. The van der Waals surface area contributed by atoms with Crippen molar-refractivity contribution < 1.29 is 9.90 Å². The summed E-state index contributed by atoms with van der Waals surface area (Å²) in [6, 6.07) is 0. The molecule has 0 saturated carbocycles. The Kier molecular flexibility index (Phi) is 16.5. The van der Waals surface area contributed by atoms with E-state index in [0.717, 1.165) is 6.92 Å². The molecule has 0 atom stereocenters. The van der Waals surface area contributed by atoms with E-state index in [1.165, 1.54) is 38.5 Å². The third-order valence-electron chi connectivity index (χ3n) is 1.62. The van der Waals surface area contributed by atoms with E-state index in [1.807, 2.05) is 0 Å². The molecule has 1 N–H and O–H groups in total. The van der Waals surface area contributed by atoms with Crippen molar-refractivity contribution in [2.45, 2.75) is 59.3 Å². The van der Waals surface area contributed by atoms with E-state index in [9.17, 15) is 0 Å². The molecule has 0 aromatic carbocycles. The lowest BCUT2D eigenvalue weighted by Gasteiger charge is -1.89. The molecule has 0 aromatic rings. The Morgan fingerprint density at radius 3 is 1.57 bits per heavy atom. The van der Waals surface area contributed by atoms with Gasteiger partial charge in [0.25, 0.3) is 5.97 Å². The second-order valence-corrected chi connectivity index (χ2v) is 3.27. The van der Waals surface area contributed by atoms with E-state index in [-0.39, 0.29) is 0 Å². The number of rotatable bonds is 6. The summed E-state index contributed by atoms with van der Waals surface area (Å²) in [5, 5.41) is 7.42. The largest absolute Gasteiger partial charge is 0.481 e. The van der Waals surface area contributed by atoms with Crippen LogP contribution >= 0.6 is 0 Å². The lowest BCUT2D eigenvalue weighted by molar-refractivity contribution is -0.134. The lowest BCUT2D eigenvalue weighted by atomic mass is 10.2. The van der Waals surface area contributed by atoms with E-state index in [4.69, 9.17) is 9.90 Å². The van der Waals surface area contributed by atoms with Gasteiger partial charge in [0.1, 0.15) is 0 Å². The number of hydrogen-bond donors (Lipinski definition) is 1. The second kappa shape index (κ2) is 14.7. The minimum Gasteiger partial charge on any atom is -0.481 e. The first kappa shape index (κ1) is 15.7. The van der Waals surface area contributed by atoms with Crippen molar-refractivity contribution in [3.63, 3.8) is 0 Å². The van der Waals surface area contributed by atoms with Crippen molar-refractivity contribution in [1.82, 2.24) is 0 Å². The van der Waals surface area contributed by atoms with Crippen LogP contribution < -0.4 is 0 Å². The van der Waals surface area contributed by atoms with Crippen LogP contribution in [0.15, 0.2) is 12.2 Å². The van der Waals surface area contributed by atoms with Gasteiger partial charge in [-0.25, -0.2) is 0 Å². The molecule has 0 aliphatic carbocycles. The average molecular weight is 200 g/mol. The molecule has 84 valence electrons. The molecule has 0 aliphatic heterocycles. The van der Waals surface area contributed by atoms with E-state index in [2.05, 4.69) is 26.0 Å². The average Bonchev–Trinajstić information content (AvgIpc) is 2.10. The minimum absolute atomic E-state index is 0.833. The number of hydrogen-bond acceptors (Lipinski definition) is 1. The number of aliphatic carboxylic acids is 1. The van der Waals surface area contributed by atoms with Crippen LogP contribution in [0.3, 0.4) is 0 Å². The van der Waals surface area contributed by atoms with Crippen LogP contribution in [0.25, 0.3) is 0 Å². The third kappa shape index (κ3) is 30.3. The molecule has 14 heavy (non-hydrogen) atoms. The van der Waals surface area contributed by atoms with Gasteiger partial charge in [0.05, 0.1) is 0 Å². The highest BCUT2D eigenvalue weighted by molar-refractivity contribution is 5.62. The van der Waals surface area contributed by atoms with Crippen molar-refractivity contribution in [1.29, 1.82) is 0 Å². The Balaban J connectivity index is 0. The Hall–Kier alpha value is -0.790. The Labute approximate surface area is 88.0 Å². The molecule has 0 amide bonds. The van der Waals surface area contributed by atoms with Crippen LogP contribution in [0.1, 0.15) is 59.3 Å². The van der Waals surface area contributed by atoms with Gasteiger partial charge in [0.15, 0.2) is 0 Å². The first-order valence-electron chi connectivity index (χ1n) is 5.49. The predicted molar refractivity (Wildman–Crippen MR) is 61.5 cm³/mol. The third-order valence-corrected chi connectivity index (χ3v) is 1.62. The van der Waals surface area contributed by atoms with Crippen molar-refractivity contribution in [2.75, 3.05) is 0 Å². The van der Waals surface area contributed by atoms with Crippen LogP contribution in [0.2, 0.25) is 0 Å². The van der Waals surface area contributed by atoms with E-state index >= 15 is 0 Å². The maximum Gasteiger partial charge on any atom is 0.300 e. The summed E-state index contributed by atoms with van der Waals surface area (Å²) in [5.74, 6) is -0.833. The topological polar surface area (TPSA) is 37.3 Å². The first-order valence-corrected chi connectivity index (χ1v) is 5.49. The summed E-state index contributed by atoms with van der Waals surface area (Å²) < 4.78 is 0. The molecule has 0 rings (SSSR count). The second-order valence-electron chi connectivity index (χ2n) is 3.27. The van der Waals surface area contributed by atoms with E-state index in [1.54, 1.807) is 0 Å². The lowest BCUT2D eigenvalue weighted by Crippen LogP contribution is -1.78. The van der Waals surface area contributed by atoms with Crippen LogP contribution in [-0.2, 0) is 4.79 Å². The normalized spacial score (nSPS) is 9.64. The fraction of sp³-hybridized carbons (Fsp3) is 0.750. The van der Waals surface area contributed by atoms with Crippen molar-refractivity contribution in [3.05, 3.63) is 12.2 Å². The molecule has 0 unspecified atom stereocenters. The maximum atomic E-state index is 9.00. The van der Waals surface area contributed by atoms with Gasteiger partial charge < -0.3 is 5.11 Å². The summed E-state index contributed by atoms with van der Waals surface area (Å²) >= 11 is 0. The molecule has 0 radical (unpaired) electrons. The van der Waals surface area contributed by atoms with Crippen LogP contribution in [0, 0.1) is 0 Å². The number of unbranched alkanes of at least 4 members (excludes halogenated alkanes) is 4. The number of carboxylic acids is 1. The Bertz CT molecular complexity index is 125. The highest BCUT2D eigenvalue weighted by Gasteiger charge is 1.78. The summed E-state index contributed by atoms with van der Waals surface area (Å²) in [5.41, 5.74) is 0. The standard InChI is InChI=1S/C10H20.C2H4O2/c1-3-5-7-9-10-8-6-4-2;1-2(3)4/h9-10H,3-8H2,1-2H3;1H3,(H,3,4)/b10-9+;. The van der Waals surface area contributed by atoms with Crippen LogP contribution in [-0.4, -0.2) is 11.1 Å². The number of carbonyl (C=O) groups is 1. The summed E-state index contributed by atoms with van der Waals surface area (Å²) in [6.45, 7) is 5.56. The van der Waals surface area contributed by atoms with E-state index < -0.39 is 5.97 Å². The smallest absolute Gasteiger partial charge is 0.300 e. The van der Waals surface area contributed by atoms with Gasteiger partial charge in [-0.2, -0.15) is 0 Å². The van der Waals surface area contributed by atoms with Gasteiger partial charge in [-0.3, -0.25) is 4.79 Å². The molecule has 2 heteroatoms. The molecule has 0 fully saturated rings. The zero-order valence-corrected chi connectivity index (χ0v) is 9.75. The van der Waals surface area contributed by atoms with Crippen LogP contribution in [0.5, 0.6) is 0 Å². The number of allylic oxidation sites excluding steroid dienone is 2. The van der Waals surface area contributed by atoms with Gasteiger partial charge >= 0.3 is 0 Å². The van der Waals surface area contributed by atoms with Gasteiger partial charge in [0.2, 0.25) is 0 Å². The molecule has 2 nitrogen and oxygen atoms in total. The van der Waals surface area contributed by atoms with E-state index in [0.29, 0.717) is 0 Å². The highest BCUT2D eigenvalue weighted by Crippen LogP contribution is 1.99. The summed E-state index contributed by atoms with van der Waals surface area (Å²) in [4.78, 5) is 9.00. The zero-order chi connectivity index (χ0) is 11.2. The highest BCUT2D eigenvalue weighted by atomic mass is 16.4. The summed E-state index contributed by atoms with van der Waals surface area (Å²) in [7, 11) is 0. The minimum atomic E-state index is -0.833. The number of carboxylic acid groups (broad SMARTS) is 1. The fourth-order valence-electron chi connectivity index (χ4n) is 0.880.